The van der Waals surface area contributed by atoms with E-state index in [0.717, 1.165) is 23.3 Å². The maximum atomic E-state index is 13.4. The molecule has 40 heavy (non-hydrogen) atoms. The molecule has 0 aliphatic rings. The molecule has 1 amide bonds. The predicted octanol–water partition coefficient (Wildman–Crippen LogP) is 3.52. The number of fused-ring (bicyclic) bond motifs is 1. The summed E-state index contributed by atoms with van der Waals surface area (Å²) in [6, 6.07) is 12.8. The fourth-order valence-electron chi connectivity index (χ4n) is 4.49. The maximum absolute atomic E-state index is 13.4. The highest BCUT2D eigenvalue weighted by Gasteiger charge is 2.19. The Hall–Kier alpha value is -4.48. The molecule has 3 N–H and O–H groups in total. The number of likely N-dealkylation sites (N-methyl/N-ethyl adjacent to an activating group) is 2. The van der Waals surface area contributed by atoms with Gasteiger partial charge in [-0.1, -0.05) is 18.7 Å². The van der Waals surface area contributed by atoms with Gasteiger partial charge < -0.3 is 25.5 Å². The Morgan fingerprint density at radius 2 is 1.82 bits per heavy atom. The van der Waals surface area contributed by atoms with E-state index in [-0.39, 0.29) is 30.2 Å². The first-order valence-corrected chi connectivity index (χ1v) is 13.0. The Morgan fingerprint density at radius 1 is 1.10 bits per heavy atom. The monoisotopic (exact) mass is 544 g/mol. The molecule has 0 unspecified atom stereocenters. The lowest BCUT2D eigenvalue weighted by Crippen LogP contribution is -2.29. The summed E-state index contributed by atoms with van der Waals surface area (Å²) in [5.74, 6) is 0.281. The largest absolute Gasteiger partial charge is 0.392 e. The lowest BCUT2D eigenvalue weighted by atomic mass is 10.1. The number of hydrogen-bond donors (Lipinski definition) is 3. The van der Waals surface area contributed by atoms with Gasteiger partial charge in [-0.2, -0.15) is 4.98 Å². The number of rotatable bonds is 11. The Labute approximate surface area is 233 Å². The van der Waals surface area contributed by atoms with Crippen LogP contribution in [0.25, 0.3) is 16.9 Å². The molecule has 0 saturated heterocycles. The number of nitrogens with zero attached hydrogens (tertiary/aromatic N) is 6. The molecular weight excluding hydrogens is 508 g/mol. The van der Waals surface area contributed by atoms with Crippen molar-refractivity contribution >= 4 is 40.0 Å². The topological polar surface area (TPSA) is 121 Å². The third-order valence-corrected chi connectivity index (χ3v) is 6.54. The van der Waals surface area contributed by atoms with Gasteiger partial charge in [-0.3, -0.25) is 9.36 Å². The lowest BCUT2D eigenvalue weighted by Gasteiger charge is -2.26. The van der Waals surface area contributed by atoms with Crippen LogP contribution in [0, 0.1) is 0 Å². The molecule has 0 fully saturated rings. The summed E-state index contributed by atoms with van der Waals surface area (Å²) in [5.41, 5.74) is 3.74. The fraction of sp³-hybridized carbons (Fsp3) is 0.310. The molecular formula is C29H36N8O3. The number of imidazole rings is 1. The summed E-state index contributed by atoms with van der Waals surface area (Å²) in [4.78, 5) is 38.7. The van der Waals surface area contributed by atoms with Gasteiger partial charge in [0.1, 0.15) is 5.82 Å². The number of aliphatic hydroxyl groups excluding tert-OH is 1. The summed E-state index contributed by atoms with van der Waals surface area (Å²) in [6.07, 6.45) is 2.77. The van der Waals surface area contributed by atoms with Crippen LogP contribution in [0.1, 0.15) is 25.5 Å². The Morgan fingerprint density at radius 3 is 2.48 bits per heavy atom. The minimum atomic E-state index is -0.357. The molecule has 0 atom stereocenters. The van der Waals surface area contributed by atoms with E-state index in [4.69, 9.17) is 0 Å². The van der Waals surface area contributed by atoms with Crippen LogP contribution < -0.4 is 21.2 Å². The molecule has 0 aliphatic carbocycles. The maximum Gasteiger partial charge on any atom is 0.335 e. The molecule has 210 valence electrons. The number of aromatic nitrogens is 4. The van der Waals surface area contributed by atoms with Crippen LogP contribution in [0.3, 0.4) is 0 Å². The number of benzene rings is 2. The standard InChI is InChI=1S/C29H36N8O3/c1-7-27(39)31-22-17-21(20(18-38)16-25(22)35(6)15-14-34(4)5)32-28-30-13-12-26(33-28)37-24-11-9-8-10-23(24)36(19(2)3)29(37)40/h7-13,16-17,19,38H,1,14-15,18H2,2-6H3,(H,31,39)(H,30,32,33). The molecule has 0 radical (unpaired) electrons. The summed E-state index contributed by atoms with van der Waals surface area (Å²) in [6.45, 7) is 8.73. The fourth-order valence-corrected chi connectivity index (χ4v) is 4.49. The summed E-state index contributed by atoms with van der Waals surface area (Å²) >= 11 is 0. The minimum absolute atomic E-state index is 0.0382. The van der Waals surface area contributed by atoms with Gasteiger partial charge in [0.25, 0.3) is 0 Å². The molecule has 0 bridgehead atoms. The molecule has 11 nitrogen and oxygen atoms in total. The van der Waals surface area contributed by atoms with Crippen LogP contribution in [-0.2, 0) is 11.4 Å². The van der Waals surface area contributed by atoms with Crippen molar-refractivity contribution in [3.63, 3.8) is 0 Å². The number of nitrogens with one attached hydrogen (secondary N) is 2. The molecule has 4 aromatic rings. The van der Waals surface area contributed by atoms with Gasteiger partial charge in [0.05, 0.1) is 29.0 Å². The van der Waals surface area contributed by atoms with Crippen LogP contribution in [-0.4, -0.2) is 69.2 Å². The second-order valence-electron chi connectivity index (χ2n) is 10.0. The van der Waals surface area contributed by atoms with Crippen molar-refractivity contribution in [3.05, 3.63) is 77.4 Å². The van der Waals surface area contributed by atoms with Crippen molar-refractivity contribution in [2.75, 3.05) is 49.8 Å². The van der Waals surface area contributed by atoms with Crippen LogP contribution in [0.4, 0.5) is 23.0 Å². The second kappa shape index (κ2) is 12.1. The van der Waals surface area contributed by atoms with Crippen LogP contribution in [0.5, 0.6) is 0 Å². The number of carbonyl (C=O) groups is 1. The third kappa shape index (κ3) is 5.90. The number of aliphatic hydroxyl groups is 1. The van der Waals surface area contributed by atoms with Crippen LogP contribution >= 0.6 is 0 Å². The first-order valence-electron chi connectivity index (χ1n) is 13.0. The number of amides is 1. The Balaban J connectivity index is 1.76. The van der Waals surface area contributed by atoms with E-state index in [1.807, 2.05) is 70.2 Å². The van der Waals surface area contributed by atoms with E-state index in [1.54, 1.807) is 27.5 Å². The van der Waals surface area contributed by atoms with Gasteiger partial charge >= 0.3 is 5.69 Å². The highest BCUT2D eigenvalue weighted by atomic mass is 16.3. The minimum Gasteiger partial charge on any atom is -0.392 e. The van der Waals surface area contributed by atoms with E-state index in [9.17, 15) is 14.7 Å². The number of para-hydroxylation sites is 2. The van der Waals surface area contributed by atoms with Gasteiger partial charge in [0.15, 0.2) is 0 Å². The summed E-state index contributed by atoms with van der Waals surface area (Å²) < 4.78 is 3.29. The van der Waals surface area contributed by atoms with Crippen molar-refractivity contribution < 1.29 is 9.90 Å². The normalized spacial score (nSPS) is 11.3. The van der Waals surface area contributed by atoms with Gasteiger partial charge in [0, 0.05) is 49.7 Å². The molecule has 0 aliphatic heterocycles. The molecule has 4 rings (SSSR count). The highest BCUT2D eigenvalue weighted by Crippen LogP contribution is 2.33. The van der Waals surface area contributed by atoms with Crippen molar-refractivity contribution in [2.45, 2.75) is 26.5 Å². The molecule has 0 saturated carbocycles. The van der Waals surface area contributed by atoms with E-state index in [2.05, 4.69) is 32.1 Å². The van der Waals surface area contributed by atoms with Crippen LogP contribution in [0.15, 0.2) is 66.1 Å². The van der Waals surface area contributed by atoms with E-state index in [0.29, 0.717) is 29.3 Å². The summed E-state index contributed by atoms with van der Waals surface area (Å²) in [7, 11) is 5.90. The molecule has 0 spiro atoms. The number of anilines is 4. The SMILES string of the molecule is C=CC(=O)Nc1cc(Nc2nccc(-n3c(=O)n(C(C)C)c4ccccc43)n2)c(CO)cc1N(C)CCN(C)C. The lowest BCUT2D eigenvalue weighted by molar-refractivity contribution is -0.111. The smallest absolute Gasteiger partial charge is 0.335 e. The van der Waals surface area contributed by atoms with Crippen molar-refractivity contribution in [1.29, 1.82) is 0 Å². The average molecular weight is 545 g/mol. The van der Waals surface area contributed by atoms with Crippen LogP contribution in [0.2, 0.25) is 0 Å². The van der Waals surface area contributed by atoms with Crippen molar-refractivity contribution in [3.8, 4) is 5.82 Å². The first kappa shape index (κ1) is 28.5. The zero-order chi connectivity index (χ0) is 29.0. The second-order valence-corrected chi connectivity index (χ2v) is 10.0. The zero-order valence-electron chi connectivity index (χ0n) is 23.5. The molecule has 2 aromatic heterocycles. The Kier molecular flexibility index (Phi) is 8.66. The zero-order valence-corrected chi connectivity index (χ0v) is 23.5. The van der Waals surface area contributed by atoms with Gasteiger partial charge in [-0.05, 0) is 58.3 Å². The van der Waals surface area contributed by atoms with E-state index in [1.165, 1.54) is 6.08 Å². The van der Waals surface area contributed by atoms with Gasteiger partial charge in [-0.25, -0.2) is 14.3 Å². The van der Waals surface area contributed by atoms with E-state index >= 15 is 0 Å². The third-order valence-electron chi connectivity index (χ3n) is 6.54. The number of hydrogen-bond acceptors (Lipinski definition) is 8. The van der Waals surface area contributed by atoms with Gasteiger partial charge in [-0.15, -0.1) is 0 Å². The quantitative estimate of drug-likeness (QED) is 0.245. The van der Waals surface area contributed by atoms with Gasteiger partial charge in [0.2, 0.25) is 11.9 Å². The number of carbonyl (C=O) groups excluding carboxylic acids is 1. The molecule has 11 heteroatoms. The molecule has 2 heterocycles. The predicted molar refractivity (Wildman–Crippen MR) is 160 cm³/mol. The van der Waals surface area contributed by atoms with Crippen molar-refractivity contribution in [1.82, 2.24) is 24.0 Å². The van der Waals surface area contributed by atoms with E-state index < -0.39 is 0 Å². The van der Waals surface area contributed by atoms with Crippen molar-refractivity contribution in [2.24, 2.45) is 0 Å². The average Bonchev–Trinajstić information content (AvgIpc) is 3.23. The summed E-state index contributed by atoms with van der Waals surface area (Å²) in [5, 5.41) is 16.3. The highest BCUT2D eigenvalue weighted by molar-refractivity contribution is 6.02. The molecule has 2 aromatic carbocycles. The first-order chi connectivity index (χ1) is 19.1. The Bertz CT molecular complexity index is 1590.